The summed E-state index contributed by atoms with van der Waals surface area (Å²) < 4.78 is 0. The molecule has 0 bridgehead atoms. The maximum absolute atomic E-state index is 9.30. The fraction of sp³-hybridized carbons (Fsp3) is 0.111. The van der Waals surface area contributed by atoms with Gasteiger partial charge in [-0.25, -0.2) is 0 Å². The van der Waals surface area contributed by atoms with E-state index < -0.39 is 6.04 Å². The zero-order valence-electron chi connectivity index (χ0n) is 6.57. The highest BCUT2D eigenvalue weighted by Gasteiger charge is 2.07. The molecule has 0 fully saturated rings. The third kappa shape index (κ3) is 1.57. The normalized spacial score (nSPS) is 12.4. The summed E-state index contributed by atoms with van der Waals surface area (Å²) in [5, 5.41) is 18.4. The first-order chi connectivity index (χ1) is 5.65. The van der Waals surface area contributed by atoms with E-state index >= 15 is 0 Å². The van der Waals surface area contributed by atoms with Crippen LogP contribution in [0.2, 0.25) is 0 Å². The molecule has 0 aromatic heterocycles. The molecule has 0 saturated heterocycles. The van der Waals surface area contributed by atoms with E-state index in [2.05, 4.69) is 6.58 Å². The van der Waals surface area contributed by atoms with Crippen LogP contribution in [0.1, 0.15) is 11.6 Å². The van der Waals surface area contributed by atoms with Gasteiger partial charge in [-0.15, -0.1) is 6.58 Å². The number of phenols is 2. The quantitative estimate of drug-likeness (QED) is 0.457. The summed E-state index contributed by atoms with van der Waals surface area (Å²) >= 11 is 0. The lowest BCUT2D eigenvalue weighted by Gasteiger charge is -2.08. The Kier molecular flexibility index (Phi) is 2.35. The van der Waals surface area contributed by atoms with Crippen LogP contribution in [0.25, 0.3) is 0 Å². The molecule has 1 rings (SSSR count). The smallest absolute Gasteiger partial charge is 0.120 e. The van der Waals surface area contributed by atoms with Gasteiger partial charge < -0.3 is 15.9 Å². The van der Waals surface area contributed by atoms with E-state index in [0.29, 0.717) is 5.56 Å². The largest absolute Gasteiger partial charge is 0.508 e. The van der Waals surface area contributed by atoms with E-state index in [9.17, 15) is 5.11 Å². The molecule has 1 aromatic carbocycles. The molecule has 1 unspecified atom stereocenters. The molecule has 0 amide bonds. The van der Waals surface area contributed by atoms with Gasteiger partial charge in [0, 0.05) is 5.56 Å². The fourth-order valence-electron chi connectivity index (χ4n) is 0.936. The summed E-state index contributed by atoms with van der Waals surface area (Å²) in [6.07, 6.45) is 1.49. The Morgan fingerprint density at radius 3 is 2.67 bits per heavy atom. The Bertz CT molecular complexity index is 297. The van der Waals surface area contributed by atoms with E-state index in [-0.39, 0.29) is 11.5 Å². The van der Waals surface area contributed by atoms with Gasteiger partial charge in [-0.05, 0) is 18.2 Å². The maximum Gasteiger partial charge on any atom is 0.120 e. The van der Waals surface area contributed by atoms with E-state index in [0.717, 1.165) is 0 Å². The van der Waals surface area contributed by atoms with Crippen molar-refractivity contribution >= 4 is 0 Å². The summed E-state index contributed by atoms with van der Waals surface area (Å²) in [5.74, 6) is 0.153. The topological polar surface area (TPSA) is 66.5 Å². The first-order valence-electron chi connectivity index (χ1n) is 3.55. The van der Waals surface area contributed by atoms with Crippen LogP contribution in [0.4, 0.5) is 0 Å². The van der Waals surface area contributed by atoms with Gasteiger partial charge in [-0.1, -0.05) is 6.08 Å². The van der Waals surface area contributed by atoms with Gasteiger partial charge >= 0.3 is 0 Å². The van der Waals surface area contributed by atoms with Crippen LogP contribution in [0.5, 0.6) is 11.5 Å². The molecule has 3 nitrogen and oxygen atoms in total. The molecule has 12 heavy (non-hydrogen) atoms. The van der Waals surface area contributed by atoms with Crippen molar-refractivity contribution in [1.82, 2.24) is 0 Å². The molecule has 4 N–H and O–H groups in total. The Balaban J connectivity index is 3.12. The van der Waals surface area contributed by atoms with Crippen molar-refractivity contribution in [3.05, 3.63) is 36.4 Å². The van der Waals surface area contributed by atoms with Gasteiger partial charge in [0.2, 0.25) is 0 Å². The molecule has 0 aliphatic rings. The molecular weight excluding hydrogens is 154 g/mol. The van der Waals surface area contributed by atoms with Crippen molar-refractivity contribution in [3.63, 3.8) is 0 Å². The minimum absolute atomic E-state index is 0.0696. The zero-order valence-corrected chi connectivity index (χ0v) is 6.57. The Hall–Kier alpha value is -1.48. The van der Waals surface area contributed by atoms with Gasteiger partial charge in [-0.2, -0.15) is 0 Å². The predicted molar refractivity (Wildman–Crippen MR) is 46.9 cm³/mol. The molecule has 0 aliphatic heterocycles. The van der Waals surface area contributed by atoms with Crippen LogP contribution in [0.15, 0.2) is 30.9 Å². The first-order valence-corrected chi connectivity index (χ1v) is 3.55. The maximum atomic E-state index is 9.30. The van der Waals surface area contributed by atoms with Crippen molar-refractivity contribution in [2.45, 2.75) is 6.04 Å². The number of aromatic hydroxyl groups is 2. The van der Waals surface area contributed by atoms with Crippen molar-refractivity contribution in [2.24, 2.45) is 5.73 Å². The second-order valence-electron chi connectivity index (χ2n) is 2.50. The summed E-state index contributed by atoms with van der Waals surface area (Å²) in [6.45, 7) is 3.49. The van der Waals surface area contributed by atoms with Crippen LogP contribution in [0.3, 0.4) is 0 Å². The lowest BCUT2D eigenvalue weighted by atomic mass is 10.1. The third-order valence-electron chi connectivity index (χ3n) is 1.62. The molecule has 1 aromatic rings. The second-order valence-corrected chi connectivity index (χ2v) is 2.50. The molecular formula is C9H11NO2. The van der Waals surface area contributed by atoms with Gasteiger partial charge in [0.1, 0.15) is 11.5 Å². The Morgan fingerprint density at radius 1 is 1.42 bits per heavy atom. The van der Waals surface area contributed by atoms with Gasteiger partial charge in [-0.3, -0.25) is 0 Å². The number of hydrogen-bond acceptors (Lipinski definition) is 3. The van der Waals surface area contributed by atoms with Crippen LogP contribution in [-0.2, 0) is 0 Å². The summed E-state index contributed by atoms with van der Waals surface area (Å²) in [5.41, 5.74) is 6.05. The fourth-order valence-corrected chi connectivity index (χ4v) is 0.936. The number of phenolic OH excluding ortho intramolecular Hbond substituents is 2. The van der Waals surface area contributed by atoms with Crippen LogP contribution in [0, 0.1) is 0 Å². The number of hydrogen-bond donors (Lipinski definition) is 3. The molecule has 3 heteroatoms. The highest BCUT2D eigenvalue weighted by Crippen LogP contribution is 2.26. The van der Waals surface area contributed by atoms with Gasteiger partial charge in [0.05, 0.1) is 6.04 Å². The average molecular weight is 165 g/mol. The summed E-state index contributed by atoms with van der Waals surface area (Å²) in [7, 11) is 0. The molecule has 0 heterocycles. The Morgan fingerprint density at radius 2 is 2.08 bits per heavy atom. The average Bonchev–Trinajstić information content (AvgIpc) is 2.08. The molecule has 1 atom stereocenters. The summed E-state index contributed by atoms with van der Waals surface area (Å²) in [6, 6.07) is 3.77. The van der Waals surface area contributed by atoms with Crippen molar-refractivity contribution in [2.75, 3.05) is 0 Å². The van der Waals surface area contributed by atoms with Crippen molar-refractivity contribution in [1.29, 1.82) is 0 Å². The van der Waals surface area contributed by atoms with Gasteiger partial charge in [0.25, 0.3) is 0 Å². The minimum Gasteiger partial charge on any atom is -0.508 e. The standard InChI is InChI=1S/C9H11NO2/c1-2-8(10)7-5-6(11)3-4-9(7)12/h2-5,8,11-12H,1,10H2. The molecule has 64 valence electrons. The van der Waals surface area contributed by atoms with Crippen molar-refractivity contribution < 1.29 is 10.2 Å². The molecule has 0 radical (unpaired) electrons. The SMILES string of the molecule is C=CC(N)c1cc(O)ccc1O. The number of rotatable bonds is 2. The van der Waals surface area contributed by atoms with Crippen molar-refractivity contribution in [3.8, 4) is 11.5 Å². The highest BCUT2D eigenvalue weighted by atomic mass is 16.3. The third-order valence-corrected chi connectivity index (χ3v) is 1.62. The van der Waals surface area contributed by atoms with Crippen LogP contribution < -0.4 is 5.73 Å². The monoisotopic (exact) mass is 165 g/mol. The Labute approximate surface area is 70.8 Å². The van der Waals surface area contributed by atoms with E-state index in [1.165, 1.54) is 24.3 Å². The first kappa shape index (κ1) is 8.62. The second kappa shape index (κ2) is 3.28. The minimum atomic E-state index is -0.447. The van der Waals surface area contributed by atoms with Crippen LogP contribution >= 0.6 is 0 Å². The predicted octanol–water partition coefficient (Wildman–Crippen LogP) is 1.28. The van der Waals surface area contributed by atoms with E-state index in [1.807, 2.05) is 0 Å². The summed E-state index contributed by atoms with van der Waals surface area (Å²) in [4.78, 5) is 0. The lowest BCUT2D eigenvalue weighted by molar-refractivity contribution is 0.452. The molecule has 0 saturated carbocycles. The highest BCUT2D eigenvalue weighted by molar-refractivity contribution is 5.41. The number of nitrogens with two attached hydrogens (primary N) is 1. The van der Waals surface area contributed by atoms with E-state index in [1.54, 1.807) is 0 Å². The van der Waals surface area contributed by atoms with Gasteiger partial charge in [0.15, 0.2) is 0 Å². The van der Waals surface area contributed by atoms with E-state index in [4.69, 9.17) is 10.8 Å². The molecule has 0 aliphatic carbocycles. The van der Waals surface area contributed by atoms with Crippen LogP contribution in [-0.4, -0.2) is 10.2 Å². The molecule has 0 spiro atoms. The zero-order chi connectivity index (χ0) is 9.14. The number of benzene rings is 1. The lowest BCUT2D eigenvalue weighted by Crippen LogP contribution is -2.06.